The molecule has 0 bridgehead atoms. The van der Waals surface area contributed by atoms with Crippen molar-refractivity contribution in [3.63, 3.8) is 0 Å². The maximum absolute atomic E-state index is 12.9. The normalized spacial score (nSPS) is 10.6. The Morgan fingerprint density at radius 2 is 1.88 bits per heavy atom. The first kappa shape index (κ1) is 20.9. The Morgan fingerprint density at radius 3 is 2.62 bits per heavy atom. The third-order valence-corrected chi connectivity index (χ3v) is 4.71. The zero-order valence-electron chi connectivity index (χ0n) is 17.4. The van der Waals surface area contributed by atoms with Gasteiger partial charge in [0.25, 0.3) is 11.4 Å². The number of ether oxygens (including phenoxy) is 2. The van der Waals surface area contributed by atoms with Crippen molar-refractivity contribution >= 4 is 11.6 Å². The Bertz CT molecular complexity index is 1300. The molecule has 0 saturated carbocycles. The molecule has 0 spiro atoms. The second-order valence-corrected chi connectivity index (χ2v) is 6.76. The maximum Gasteiger partial charge on any atom is 0.263 e. The van der Waals surface area contributed by atoms with E-state index in [-0.39, 0.29) is 18.0 Å². The lowest BCUT2D eigenvalue weighted by molar-refractivity contribution is -0.116. The molecule has 162 valence electrons. The molecule has 0 atom stereocenters. The summed E-state index contributed by atoms with van der Waals surface area (Å²) < 4.78 is 17.0. The molecular formula is C23H20N4O5. The summed E-state index contributed by atoms with van der Waals surface area (Å²) in [5, 5.41) is 6.69. The molecule has 0 radical (unpaired) electrons. The molecule has 4 aromatic rings. The highest BCUT2D eigenvalue weighted by Gasteiger charge is 2.16. The smallest absolute Gasteiger partial charge is 0.263 e. The van der Waals surface area contributed by atoms with Gasteiger partial charge in [0.15, 0.2) is 0 Å². The van der Waals surface area contributed by atoms with Crippen molar-refractivity contribution < 1.29 is 18.8 Å². The monoisotopic (exact) mass is 432 g/mol. The zero-order valence-corrected chi connectivity index (χ0v) is 17.4. The fourth-order valence-corrected chi connectivity index (χ4v) is 3.11. The first-order chi connectivity index (χ1) is 15.6. The number of benzene rings is 2. The minimum atomic E-state index is -0.424. The maximum atomic E-state index is 12.9. The minimum absolute atomic E-state index is 0.0837. The Labute approximate surface area is 183 Å². The Balaban J connectivity index is 1.54. The van der Waals surface area contributed by atoms with Crippen molar-refractivity contribution in [2.75, 3.05) is 19.5 Å². The molecule has 0 unspecified atom stereocenters. The second-order valence-electron chi connectivity index (χ2n) is 6.76. The number of methoxy groups -OCH3 is 2. The van der Waals surface area contributed by atoms with Crippen LogP contribution < -0.4 is 20.3 Å². The Morgan fingerprint density at radius 1 is 1.06 bits per heavy atom. The third kappa shape index (κ3) is 4.36. The topological polar surface area (TPSA) is 108 Å². The SMILES string of the molecule is COc1ccc(NC(=O)Cn2cccc(-c3nc(-c4ccccc4)no3)c2=O)c(OC)c1. The van der Waals surface area contributed by atoms with Crippen LogP contribution in [0.4, 0.5) is 5.69 Å². The Kier molecular flexibility index (Phi) is 5.98. The van der Waals surface area contributed by atoms with E-state index in [1.807, 2.05) is 30.3 Å². The van der Waals surface area contributed by atoms with Gasteiger partial charge in [0, 0.05) is 17.8 Å². The summed E-state index contributed by atoms with van der Waals surface area (Å²) in [6.45, 7) is -0.207. The van der Waals surface area contributed by atoms with E-state index in [1.54, 1.807) is 37.4 Å². The van der Waals surface area contributed by atoms with E-state index in [2.05, 4.69) is 15.5 Å². The van der Waals surface area contributed by atoms with Crippen molar-refractivity contribution in [1.29, 1.82) is 0 Å². The highest BCUT2D eigenvalue weighted by Crippen LogP contribution is 2.29. The van der Waals surface area contributed by atoms with Crippen LogP contribution in [0.5, 0.6) is 11.5 Å². The molecule has 2 heterocycles. The van der Waals surface area contributed by atoms with Crippen molar-refractivity contribution in [2.24, 2.45) is 0 Å². The Hall–Kier alpha value is -4.40. The summed E-state index contributed by atoms with van der Waals surface area (Å²) in [7, 11) is 3.03. The summed E-state index contributed by atoms with van der Waals surface area (Å²) in [6, 6.07) is 17.5. The van der Waals surface area contributed by atoms with Gasteiger partial charge in [-0.25, -0.2) is 0 Å². The van der Waals surface area contributed by atoms with Crippen LogP contribution in [0.15, 0.2) is 76.2 Å². The molecule has 4 rings (SSSR count). The van der Waals surface area contributed by atoms with Crippen molar-refractivity contribution in [1.82, 2.24) is 14.7 Å². The van der Waals surface area contributed by atoms with Gasteiger partial charge in [0.05, 0.1) is 19.9 Å². The molecule has 0 aliphatic heterocycles. The number of hydrogen-bond donors (Lipinski definition) is 1. The van der Waals surface area contributed by atoms with Gasteiger partial charge in [-0.3, -0.25) is 9.59 Å². The molecule has 32 heavy (non-hydrogen) atoms. The van der Waals surface area contributed by atoms with E-state index >= 15 is 0 Å². The lowest BCUT2D eigenvalue weighted by atomic mass is 10.2. The van der Waals surface area contributed by atoms with Crippen LogP contribution in [-0.2, 0) is 11.3 Å². The molecule has 2 aromatic carbocycles. The van der Waals surface area contributed by atoms with Crippen LogP contribution in [0.3, 0.4) is 0 Å². The number of nitrogens with zero attached hydrogens (tertiary/aromatic N) is 3. The van der Waals surface area contributed by atoms with Crippen LogP contribution >= 0.6 is 0 Å². The lowest BCUT2D eigenvalue weighted by Gasteiger charge is -2.12. The van der Waals surface area contributed by atoms with E-state index in [0.717, 1.165) is 5.56 Å². The number of anilines is 1. The van der Waals surface area contributed by atoms with E-state index in [4.69, 9.17) is 14.0 Å². The number of carbonyl (C=O) groups excluding carboxylic acids is 1. The fourth-order valence-electron chi connectivity index (χ4n) is 3.11. The third-order valence-electron chi connectivity index (χ3n) is 4.71. The predicted molar refractivity (Wildman–Crippen MR) is 118 cm³/mol. The molecule has 9 heteroatoms. The number of aromatic nitrogens is 3. The van der Waals surface area contributed by atoms with Gasteiger partial charge < -0.3 is 23.9 Å². The number of nitrogens with one attached hydrogen (secondary N) is 1. The van der Waals surface area contributed by atoms with Crippen LogP contribution in [0.25, 0.3) is 22.8 Å². The van der Waals surface area contributed by atoms with Gasteiger partial charge in [-0.1, -0.05) is 35.5 Å². The van der Waals surface area contributed by atoms with E-state index in [0.29, 0.717) is 23.0 Å². The number of rotatable bonds is 7. The molecule has 1 N–H and O–H groups in total. The molecule has 0 saturated heterocycles. The average molecular weight is 432 g/mol. The first-order valence-corrected chi connectivity index (χ1v) is 9.70. The highest BCUT2D eigenvalue weighted by molar-refractivity contribution is 5.92. The molecule has 9 nitrogen and oxygen atoms in total. The number of carbonyl (C=O) groups is 1. The summed E-state index contributed by atoms with van der Waals surface area (Å²) in [5.74, 6) is 1.10. The van der Waals surface area contributed by atoms with Crippen molar-refractivity contribution in [3.05, 3.63) is 77.2 Å². The van der Waals surface area contributed by atoms with Gasteiger partial charge in [-0.2, -0.15) is 4.98 Å². The van der Waals surface area contributed by atoms with E-state index < -0.39 is 11.5 Å². The standard InChI is InChI=1S/C23H20N4O5/c1-30-16-10-11-18(19(13-16)31-2)24-20(28)14-27-12-6-9-17(23(27)29)22-25-21(26-32-22)15-7-4-3-5-8-15/h3-13H,14H2,1-2H3,(H,24,28). The molecule has 0 aliphatic carbocycles. The molecule has 0 aliphatic rings. The summed E-state index contributed by atoms with van der Waals surface area (Å²) in [4.78, 5) is 29.8. The van der Waals surface area contributed by atoms with Gasteiger partial charge in [0.2, 0.25) is 11.7 Å². The van der Waals surface area contributed by atoms with E-state index in [1.165, 1.54) is 17.9 Å². The number of pyridine rings is 1. The summed E-state index contributed by atoms with van der Waals surface area (Å²) in [5.41, 5.74) is 1.02. The first-order valence-electron chi connectivity index (χ1n) is 9.70. The van der Waals surface area contributed by atoms with Crippen LogP contribution in [0, 0.1) is 0 Å². The van der Waals surface area contributed by atoms with E-state index in [9.17, 15) is 9.59 Å². The van der Waals surface area contributed by atoms with Gasteiger partial charge in [-0.05, 0) is 24.3 Å². The van der Waals surface area contributed by atoms with Gasteiger partial charge in [0.1, 0.15) is 23.6 Å². The predicted octanol–water partition coefficient (Wildman–Crippen LogP) is 3.22. The number of hydrogen-bond acceptors (Lipinski definition) is 7. The van der Waals surface area contributed by atoms with Gasteiger partial charge >= 0.3 is 0 Å². The highest BCUT2D eigenvalue weighted by atomic mass is 16.5. The summed E-state index contributed by atoms with van der Waals surface area (Å²) in [6.07, 6.45) is 1.52. The fraction of sp³-hybridized carbons (Fsp3) is 0.130. The van der Waals surface area contributed by atoms with Gasteiger partial charge in [-0.15, -0.1) is 0 Å². The van der Waals surface area contributed by atoms with Crippen molar-refractivity contribution in [2.45, 2.75) is 6.54 Å². The quantitative estimate of drug-likeness (QED) is 0.478. The van der Waals surface area contributed by atoms with Crippen LogP contribution in [0.2, 0.25) is 0 Å². The molecular weight excluding hydrogens is 412 g/mol. The number of amides is 1. The van der Waals surface area contributed by atoms with Crippen LogP contribution in [0.1, 0.15) is 0 Å². The summed E-state index contributed by atoms with van der Waals surface area (Å²) >= 11 is 0. The molecule has 1 amide bonds. The zero-order chi connectivity index (χ0) is 22.5. The lowest BCUT2D eigenvalue weighted by Crippen LogP contribution is -2.28. The molecule has 0 fully saturated rings. The van der Waals surface area contributed by atoms with Crippen LogP contribution in [-0.4, -0.2) is 34.8 Å². The average Bonchev–Trinajstić information content (AvgIpc) is 3.31. The largest absolute Gasteiger partial charge is 0.497 e. The van der Waals surface area contributed by atoms with Crippen molar-refractivity contribution in [3.8, 4) is 34.3 Å². The molecule has 2 aromatic heterocycles. The minimum Gasteiger partial charge on any atom is -0.497 e. The second kappa shape index (κ2) is 9.17.